The number of imidazole rings is 1. The van der Waals surface area contributed by atoms with Crippen molar-refractivity contribution in [3.8, 4) is 0 Å². The van der Waals surface area contributed by atoms with Gasteiger partial charge in [0.15, 0.2) is 11.2 Å². The van der Waals surface area contributed by atoms with Crippen molar-refractivity contribution in [3.05, 3.63) is 61.5 Å². The van der Waals surface area contributed by atoms with Crippen LogP contribution in [0.4, 0.5) is 0 Å². The molecule has 0 aliphatic heterocycles. The fourth-order valence-corrected chi connectivity index (χ4v) is 4.34. The molecule has 0 bridgehead atoms. The van der Waals surface area contributed by atoms with Crippen molar-refractivity contribution >= 4 is 28.7 Å². The SMILES string of the molecule is CN(C(=O)Cn1c(Cl)nc2c1c(=O)n(C)c(=O)n2C)[C@@H]1CCCc2ccccc21. The Morgan fingerprint density at radius 3 is 2.72 bits per heavy atom. The van der Waals surface area contributed by atoms with Crippen LogP contribution in [0.15, 0.2) is 33.9 Å². The first kappa shape index (κ1) is 19.4. The average Bonchev–Trinajstić information content (AvgIpc) is 3.06. The molecule has 2 heterocycles. The van der Waals surface area contributed by atoms with Crippen LogP contribution < -0.4 is 11.2 Å². The Morgan fingerprint density at radius 2 is 1.97 bits per heavy atom. The van der Waals surface area contributed by atoms with Crippen molar-refractivity contribution in [1.82, 2.24) is 23.6 Å². The Hall–Kier alpha value is -2.87. The van der Waals surface area contributed by atoms with Gasteiger partial charge in [0.25, 0.3) is 5.56 Å². The Morgan fingerprint density at radius 1 is 1.24 bits per heavy atom. The van der Waals surface area contributed by atoms with E-state index in [4.69, 9.17) is 11.6 Å². The van der Waals surface area contributed by atoms with Crippen LogP contribution in [0, 0.1) is 0 Å². The molecule has 8 nitrogen and oxygen atoms in total. The number of carbonyl (C=O) groups excluding carboxylic acids is 1. The summed E-state index contributed by atoms with van der Waals surface area (Å²) < 4.78 is 3.62. The van der Waals surface area contributed by atoms with Gasteiger partial charge in [0.2, 0.25) is 11.2 Å². The number of nitrogens with zero attached hydrogens (tertiary/aromatic N) is 5. The molecule has 0 N–H and O–H groups in total. The highest BCUT2D eigenvalue weighted by molar-refractivity contribution is 6.29. The lowest BCUT2D eigenvalue weighted by Gasteiger charge is -2.33. The summed E-state index contributed by atoms with van der Waals surface area (Å²) in [5, 5.41) is 0.00379. The standard InChI is InChI=1S/C20H22ClN5O3/c1-23(14-10-6-8-12-7-4-5-9-13(12)14)15(27)11-26-16-17(22-19(26)21)24(2)20(29)25(3)18(16)28/h4-5,7,9,14H,6,8,10-11H2,1-3H3/t14-/m1/s1. The molecule has 0 spiro atoms. The molecule has 0 saturated heterocycles. The van der Waals surface area contributed by atoms with Gasteiger partial charge in [-0.25, -0.2) is 4.79 Å². The maximum atomic E-state index is 13.1. The molecule has 0 fully saturated rings. The van der Waals surface area contributed by atoms with Crippen LogP contribution in [-0.2, 0) is 31.9 Å². The predicted octanol–water partition coefficient (Wildman–Crippen LogP) is 1.62. The lowest BCUT2D eigenvalue weighted by Crippen LogP contribution is -2.39. The van der Waals surface area contributed by atoms with Crippen LogP contribution >= 0.6 is 11.6 Å². The van der Waals surface area contributed by atoms with Crippen molar-refractivity contribution < 1.29 is 4.79 Å². The average molecular weight is 416 g/mol. The van der Waals surface area contributed by atoms with E-state index in [2.05, 4.69) is 17.1 Å². The van der Waals surface area contributed by atoms with E-state index in [9.17, 15) is 14.4 Å². The van der Waals surface area contributed by atoms with Gasteiger partial charge in [-0.05, 0) is 42.0 Å². The highest BCUT2D eigenvalue weighted by Gasteiger charge is 2.28. The van der Waals surface area contributed by atoms with E-state index < -0.39 is 11.2 Å². The number of amides is 1. The van der Waals surface area contributed by atoms with Crippen LogP contribution in [0.25, 0.3) is 11.2 Å². The third kappa shape index (κ3) is 3.07. The number of hydrogen-bond donors (Lipinski definition) is 0. The van der Waals surface area contributed by atoms with E-state index in [1.165, 1.54) is 28.8 Å². The maximum Gasteiger partial charge on any atom is 0.332 e. The Bertz CT molecular complexity index is 1240. The van der Waals surface area contributed by atoms with Gasteiger partial charge in [-0.1, -0.05) is 24.3 Å². The first-order chi connectivity index (χ1) is 13.8. The normalized spacial score (nSPS) is 16.1. The van der Waals surface area contributed by atoms with E-state index >= 15 is 0 Å². The Kier molecular flexibility index (Phi) is 4.82. The summed E-state index contributed by atoms with van der Waals surface area (Å²) in [6.07, 6.45) is 2.90. The van der Waals surface area contributed by atoms with Crippen LogP contribution in [0.3, 0.4) is 0 Å². The van der Waals surface area contributed by atoms with Crippen molar-refractivity contribution in [2.75, 3.05) is 7.05 Å². The van der Waals surface area contributed by atoms with Crippen LogP contribution in [-0.4, -0.2) is 36.5 Å². The molecule has 0 radical (unpaired) electrons. The summed E-state index contributed by atoms with van der Waals surface area (Å²) in [6.45, 7) is -0.127. The summed E-state index contributed by atoms with van der Waals surface area (Å²) in [5.41, 5.74) is 1.71. The first-order valence-electron chi connectivity index (χ1n) is 9.46. The summed E-state index contributed by atoms with van der Waals surface area (Å²) in [5.74, 6) is -0.177. The number of aryl methyl sites for hydroxylation is 2. The molecule has 1 aliphatic carbocycles. The van der Waals surface area contributed by atoms with Gasteiger partial charge in [0.1, 0.15) is 6.54 Å². The second kappa shape index (κ2) is 7.18. The van der Waals surface area contributed by atoms with Gasteiger partial charge < -0.3 is 4.90 Å². The van der Waals surface area contributed by atoms with Crippen LogP contribution in [0.2, 0.25) is 5.28 Å². The van der Waals surface area contributed by atoms with Gasteiger partial charge >= 0.3 is 5.69 Å². The van der Waals surface area contributed by atoms with Gasteiger partial charge in [-0.3, -0.25) is 23.3 Å². The van der Waals surface area contributed by atoms with E-state index in [0.29, 0.717) is 0 Å². The smallest absolute Gasteiger partial charge is 0.332 e. The molecule has 1 aliphatic rings. The Labute approximate surface area is 171 Å². The molecule has 1 aromatic carbocycles. The van der Waals surface area contributed by atoms with E-state index in [0.717, 1.165) is 29.4 Å². The topological polar surface area (TPSA) is 82.1 Å². The number of halogens is 1. The van der Waals surface area contributed by atoms with Crippen molar-refractivity contribution in [3.63, 3.8) is 0 Å². The minimum Gasteiger partial charge on any atom is -0.337 e. The quantitative estimate of drug-likeness (QED) is 0.609. The largest absolute Gasteiger partial charge is 0.337 e. The molecule has 152 valence electrons. The first-order valence-corrected chi connectivity index (χ1v) is 9.84. The fourth-order valence-electron chi connectivity index (χ4n) is 4.12. The number of carbonyl (C=O) groups is 1. The highest BCUT2D eigenvalue weighted by atomic mass is 35.5. The molecular weight excluding hydrogens is 394 g/mol. The monoisotopic (exact) mass is 415 g/mol. The zero-order chi connectivity index (χ0) is 20.9. The number of rotatable bonds is 3. The molecule has 0 saturated carbocycles. The van der Waals surface area contributed by atoms with Gasteiger partial charge in [0.05, 0.1) is 6.04 Å². The third-order valence-corrected chi connectivity index (χ3v) is 6.08. The van der Waals surface area contributed by atoms with Gasteiger partial charge in [0, 0.05) is 21.1 Å². The summed E-state index contributed by atoms with van der Waals surface area (Å²) in [6, 6.07) is 8.15. The molecule has 4 rings (SSSR count). The molecule has 1 amide bonds. The molecular formula is C20H22ClN5O3. The number of likely N-dealkylation sites (N-methyl/N-ethyl adjacent to an activating group) is 1. The lowest BCUT2D eigenvalue weighted by molar-refractivity contribution is -0.133. The molecule has 3 aromatic rings. The summed E-state index contributed by atoms with van der Waals surface area (Å²) >= 11 is 6.25. The number of fused-ring (bicyclic) bond motifs is 2. The predicted molar refractivity (Wildman–Crippen MR) is 110 cm³/mol. The number of hydrogen-bond acceptors (Lipinski definition) is 4. The zero-order valence-corrected chi connectivity index (χ0v) is 17.3. The van der Waals surface area contributed by atoms with Crippen LogP contribution in [0.5, 0.6) is 0 Å². The fraction of sp³-hybridized carbons (Fsp3) is 0.400. The van der Waals surface area contributed by atoms with E-state index in [1.807, 2.05) is 12.1 Å². The minimum atomic E-state index is -0.527. The zero-order valence-electron chi connectivity index (χ0n) is 16.6. The van der Waals surface area contributed by atoms with E-state index in [-0.39, 0.29) is 34.9 Å². The summed E-state index contributed by atoms with van der Waals surface area (Å²) in [7, 11) is 4.68. The molecule has 1 atom stereocenters. The molecule has 9 heteroatoms. The molecule has 0 unspecified atom stereocenters. The van der Waals surface area contributed by atoms with Gasteiger partial charge in [-0.2, -0.15) is 4.98 Å². The lowest BCUT2D eigenvalue weighted by atomic mass is 9.87. The highest BCUT2D eigenvalue weighted by Crippen LogP contribution is 2.33. The molecule has 29 heavy (non-hydrogen) atoms. The Balaban J connectivity index is 1.71. The number of aromatic nitrogens is 4. The summed E-state index contributed by atoms with van der Waals surface area (Å²) in [4.78, 5) is 43.8. The molecule has 2 aromatic heterocycles. The van der Waals surface area contributed by atoms with Crippen molar-refractivity contribution in [2.45, 2.75) is 31.8 Å². The minimum absolute atomic E-state index is 0.00379. The second-order valence-corrected chi connectivity index (χ2v) is 7.79. The maximum absolute atomic E-state index is 13.1. The van der Waals surface area contributed by atoms with Crippen molar-refractivity contribution in [1.29, 1.82) is 0 Å². The second-order valence-electron chi connectivity index (χ2n) is 7.46. The van der Waals surface area contributed by atoms with Crippen LogP contribution in [0.1, 0.15) is 30.0 Å². The number of benzene rings is 1. The van der Waals surface area contributed by atoms with Crippen molar-refractivity contribution in [2.24, 2.45) is 14.1 Å². The third-order valence-electron chi connectivity index (χ3n) is 5.79. The van der Waals surface area contributed by atoms with Gasteiger partial charge in [-0.15, -0.1) is 0 Å². The van der Waals surface area contributed by atoms with E-state index in [1.54, 1.807) is 11.9 Å².